The molecule has 0 aromatic heterocycles. The number of halogens is 3. The summed E-state index contributed by atoms with van der Waals surface area (Å²) in [6.07, 6.45) is 6.53. The van der Waals surface area contributed by atoms with Crippen LogP contribution in [0.15, 0.2) is 40.9 Å². The van der Waals surface area contributed by atoms with Gasteiger partial charge in [-0.15, -0.1) is 12.4 Å². The molecule has 1 aliphatic carbocycles. The molecule has 1 saturated carbocycles. The Morgan fingerprint density at radius 2 is 1.75 bits per heavy atom. The van der Waals surface area contributed by atoms with Gasteiger partial charge in [0.25, 0.3) is 0 Å². The fourth-order valence-corrected chi connectivity index (χ4v) is 4.04. The lowest BCUT2D eigenvalue weighted by Crippen LogP contribution is -2.30. The average molecular weight is 473 g/mol. The Kier molecular flexibility index (Phi) is 9.56. The molecule has 154 valence electrons. The van der Waals surface area contributed by atoms with Gasteiger partial charge in [0.1, 0.15) is 12.4 Å². The number of rotatable bonds is 8. The van der Waals surface area contributed by atoms with Gasteiger partial charge in [0.15, 0.2) is 11.5 Å². The first-order valence-corrected chi connectivity index (χ1v) is 10.5. The van der Waals surface area contributed by atoms with Crippen molar-refractivity contribution in [3.05, 3.63) is 57.8 Å². The Bertz CT molecular complexity index is 736. The van der Waals surface area contributed by atoms with Crippen molar-refractivity contribution in [3.63, 3.8) is 0 Å². The summed E-state index contributed by atoms with van der Waals surface area (Å²) < 4.78 is 25.7. The van der Waals surface area contributed by atoms with Crippen LogP contribution in [-0.2, 0) is 13.2 Å². The van der Waals surface area contributed by atoms with Gasteiger partial charge in [0.2, 0.25) is 0 Å². The minimum atomic E-state index is -0.246. The molecule has 6 heteroatoms. The molecule has 0 unspecified atom stereocenters. The molecule has 3 nitrogen and oxygen atoms in total. The molecule has 2 aromatic carbocycles. The first-order chi connectivity index (χ1) is 13.2. The number of benzene rings is 2. The number of nitrogens with one attached hydrogen (secondary N) is 1. The third-order valence-corrected chi connectivity index (χ3v) is 5.45. The molecule has 1 fully saturated rings. The van der Waals surface area contributed by atoms with Crippen LogP contribution in [0, 0.1) is 5.82 Å². The molecule has 0 aliphatic heterocycles. The number of ether oxygens (including phenoxy) is 2. The van der Waals surface area contributed by atoms with Crippen LogP contribution in [0.2, 0.25) is 0 Å². The Balaban J connectivity index is 0.00000280. The lowest BCUT2D eigenvalue weighted by molar-refractivity contribution is 0.267. The first kappa shape index (κ1) is 23.0. The van der Waals surface area contributed by atoms with E-state index in [1.165, 1.54) is 49.8 Å². The lowest BCUT2D eigenvalue weighted by Gasteiger charge is -2.23. The predicted octanol–water partition coefficient (Wildman–Crippen LogP) is 6.41. The first-order valence-electron chi connectivity index (χ1n) is 9.71. The van der Waals surface area contributed by atoms with E-state index >= 15 is 0 Å². The summed E-state index contributed by atoms with van der Waals surface area (Å²) in [7, 11) is 0. The monoisotopic (exact) mass is 471 g/mol. The van der Waals surface area contributed by atoms with Crippen LogP contribution < -0.4 is 14.8 Å². The molecule has 0 heterocycles. The van der Waals surface area contributed by atoms with E-state index in [0.29, 0.717) is 25.0 Å². The van der Waals surface area contributed by atoms with Crippen LogP contribution in [0.1, 0.15) is 50.2 Å². The van der Waals surface area contributed by atoms with E-state index in [4.69, 9.17) is 9.47 Å². The fraction of sp³-hybridized carbons (Fsp3) is 0.455. The molecule has 0 amide bonds. The third-order valence-electron chi connectivity index (χ3n) is 4.87. The standard InChI is InChI=1S/C22H27BrFNO2.ClH/c1-2-26-21-13-17(14-25-19-6-4-3-5-7-19)12-20(23)22(21)27-15-16-8-10-18(24)11-9-16;/h8-13,19,25H,2-7,14-15H2,1H3;1H. The van der Waals surface area contributed by atoms with E-state index in [-0.39, 0.29) is 18.2 Å². The third kappa shape index (κ3) is 6.64. The molecule has 0 bridgehead atoms. The van der Waals surface area contributed by atoms with Gasteiger partial charge < -0.3 is 14.8 Å². The van der Waals surface area contributed by atoms with Crippen molar-refractivity contribution in [2.75, 3.05) is 6.61 Å². The molecule has 28 heavy (non-hydrogen) atoms. The summed E-state index contributed by atoms with van der Waals surface area (Å²) in [5, 5.41) is 3.66. The highest BCUT2D eigenvalue weighted by atomic mass is 79.9. The van der Waals surface area contributed by atoms with Crippen LogP contribution in [0.4, 0.5) is 4.39 Å². The van der Waals surface area contributed by atoms with Crippen LogP contribution in [0.25, 0.3) is 0 Å². The molecule has 1 aliphatic rings. The summed E-state index contributed by atoms with van der Waals surface area (Å²) in [4.78, 5) is 0. The second-order valence-electron chi connectivity index (χ2n) is 6.97. The largest absolute Gasteiger partial charge is 0.490 e. The van der Waals surface area contributed by atoms with Crippen LogP contribution in [0.5, 0.6) is 11.5 Å². The minimum absolute atomic E-state index is 0. The summed E-state index contributed by atoms with van der Waals surface area (Å²) in [5.74, 6) is 1.17. The normalized spacial score (nSPS) is 14.4. The van der Waals surface area contributed by atoms with Gasteiger partial charge in [-0.25, -0.2) is 4.39 Å². The summed E-state index contributed by atoms with van der Waals surface area (Å²) in [5.41, 5.74) is 2.08. The SMILES string of the molecule is CCOc1cc(CNC2CCCCC2)cc(Br)c1OCc1ccc(F)cc1.Cl. The van der Waals surface area contributed by atoms with Crippen LogP contribution in [0.3, 0.4) is 0 Å². The second kappa shape index (κ2) is 11.6. The fourth-order valence-electron chi connectivity index (χ4n) is 3.43. The van der Waals surface area contributed by atoms with Gasteiger partial charge in [-0.1, -0.05) is 31.4 Å². The van der Waals surface area contributed by atoms with E-state index in [1.807, 2.05) is 13.0 Å². The zero-order valence-corrected chi connectivity index (χ0v) is 18.6. The molecule has 2 aromatic rings. The van der Waals surface area contributed by atoms with E-state index in [0.717, 1.165) is 22.3 Å². The predicted molar refractivity (Wildman–Crippen MR) is 117 cm³/mol. The zero-order chi connectivity index (χ0) is 19.1. The van der Waals surface area contributed by atoms with E-state index in [1.54, 1.807) is 12.1 Å². The molecule has 1 N–H and O–H groups in total. The lowest BCUT2D eigenvalue weighted by atomic mass is 9.95. The molecule has 0 spiro atoms. The molecular weight excluding hydrogens is 445 g/mol. The van der Waals surface area contributed by atoms with Crippen molar-refractivity contribution in [1.82, 2.24) is 5.32 Å². The van der Waals surface area contributed by atoms with Crippen LogP contribution in [-0.4, -0.2) is 12.6 Å². The maximum Gasteiger partial charge on any atom is 0.175 e. The maximum absolute atomic E-state index is 13.1. The topological polar surface area (TPSA) is 30.5 Å². The van der Waals surface area contributed by atoms with Crippen molar-refractivity contribution in [2.24, 2.45) is 0 Å². The highest BCUT2D eigenvalue weighted by Crippen LogP contribution is 2.37. The highest BCUT2D eigenvalue weighted by molar-refractivity contribution is 9.10. The summed E-state index contributed by atoms with van der Waals surface area (Å²) in [6, 6.07) is 11.1. The van der Waals surface area contributed by atoms with E-state index < -0.39 is 0 Å². The molecule has 0 radical (unpaired) electrons. The quantitative estimate of drug-likeness (QED) is 0.481. The van der Waals surface area contributed by atoms with Gasteiger partial charge in [0.05, 0.1) is 11.1 Å². The van der Waals surface area contributed by atoms with Gasteiger partial charge in [-0.2, -0.15) is 0 Å². The Morgan fingerprint density at radius 1 is 1.04 bits per heavy atom. The molecular formula is C22H28BrClFNO2. The van der Waals surface area contributed by atoms with Gasteiger partial charge in [-0.05, 0) is 71.1 Å². The number of hydrogen-bond acceptors (Lipinski definition) is 3. The Labute approximate surface area is 181 Å². The van der Waals surface area contributed by atoms with Crippen molar-refractivity contribution < 1.29 is 13.9 Å². The minimum Gasteiger partial charge on any atom is -0.490 e. The number of hydrogen-bond donors (Lipinski definition) is 1. The van der Waals surface area contributed by atoms with Gasteiger partial charge in [0, 0.05) is 12.6 Å². The summed E-state index contributed by atoms with van der Waals surface area (Å²) >= 11 is 3.63. The smallest absolute Gasteiger partial charge is 0.175 e. The van der Waals surface area contributed by atoms with Gasteiger partial charge in [-0.3, -0.25) is 0 Å². The second-order valence-corrected chi connectivity index (χ2v) is 7.82. The van der Waals surface area contributed by atoms with Crippen LogP contribution >= 0.6 is 28.3 Å². The Morgan fingerprint density at radius 3 is 2.43 bits per heavy atom. The summed E-state index contributed by atoms with van der Waals surface area (Å²) in [6.45, 7) is 3.71. The maximum atomic E-state index is 13.1. The molecule has 0 atom stereocenters. The average Bonchev–Trinajstić information content (AvgIpc) is 2.68. The van der Waals surface area contributed by atoms with Crippen molar-refractivity contribution in [2.45, 2.75) is 58.2 Å². The van der Waals surface area contributed by atoms with Crippen molar-refractivity contribution >= 4 is 28.3 Å². The van der Waals surface area contributed by atoms with E-state index in [9.17, 15) is 4.39 Å². The zero-order valence-electron chi connectivity index (χ0n) is 16.2. The molecule has 0 saturated heterocycles. The van der Waals surface area contributed by atoms with Crippen molar-refractivity contribution in [1.29, 1.82) is 0 Å². The van der Waals surface area contributed by atoms with E-state index in [2.05, 4.69) is 27.3 Å². The van der Waals surface area contributed by atoms with Gasteiger partial charge >= 0.3 is 0 Å². The highest BCUT2D eigenvalue weighted by Gasteiger charge is 2.15. The van der Waals surface area contributed by atoms with Crippen molar-refractivity contribution in [3.8, 4) is 11.5 Å². The molecule has 3 rings (SSSR count). The Hall–Kier alpha value is -1.30.